The minimum atomic E-state index is -0.856. The molecule has 3 aromatic rings. The topological polar surface area (TPSA) is 79.6 Å². The number of carbonyl (C=O) groups excluding carboxylic acids is 3. The largest absolute Gasteiger partial charge is 0.457 e. The Morgan fingerprint density at radius 3 is 2.31 bits per heavy atom. The summed E-state index contributed by atoms with van der Waals surface area (Å²) in [4.78, 5) is 38.0. The molecule has 1 aliphatic heterocycles. The van der Waals surface area contributed by atoms with Gasteiger partial charge in [-0.3, -0.25) is 14.9 Å². The van der Waals surface area contributed by atoms with Crippen LogP contribution in [0.5, 0.6) is 0 Å². The molecule has 8 heteroatoms. The quantitative estimate of drug-likeness (QED) is 0.512. The van der Waals surface area contributed by atoms with Crippen LogP contribution in [0.4, 0.5) is 14.9 Å². The van der Waals surface area contributed by atoms with Gasteiger partial charge in [-0.2, -0.15) is 0 Å². The Bertz CT molecular complexity index is 1150. The number of anilines is 1. The van der Waals surface area contributed by atoms with Gasteiger partial charge in [0, 0.05) is 10.6 Å². The van der Waals surface area contributed by atoms with E-state index in [1.807, 2.05) is 0 Å². The molecule has 1 saturated heterocycles. The molecule has 1 aliphatic rings. The van der Waals surface area contributed by atoms with Gasteiger partial charge < -0.3 is 4.42 Å². The number of rotatable bonds is 3. The van der Waals surface area contributed by atoms with Crippen LogP contribution in [0.15, 0.2) is 70.7 Å². The molecule has 29 heavy (non-hydrogen) atoms. The number of hydrogen-bond acceptors (Lipinski definition) is 4. The number of nitrogens with one attached hydrogen (secondary N) is 1. The average Bonchev–Trinajstić information content (AvgIpc) is 3.16. The number of nitrogens with zero attached hydrogens (tertiary/aromatic N) is 1. The summed E-state index contributed by atoms with van der Waals surface area (Å²) in [6.45, 7) is 0. The molecule has 4 amide bonds. The van der Waals surface area contributed by atoms with Crippen molar-refractivity contribution in [3.8, 4) is 11.3 Å². The third kappa shape index (κ3) is 3.68. The van der Waals surface area contributed by atoms with Crippen molar-refractivity contribution in [2.45, 2.75) is 0 Å². The van der Waals surface area contributed by atoms with Crippen LogP contribution < -0.4 is 10.2 Å². The zero-order valence-electron chi connectivity index (χ0n) is 14.7. The number of urea groups is 1. The summed E-state index contributed by atoms with van der Waals surface area (Å²) in [5.41, 5.74) is 0.634. The molecular weight excluding hydrogens is 399 g/mol. The highest BCUT2D eigenvalue weighted by atomic mass is 35.5. The number of barbiturate groups is 1. The van der Waals surface area contributed by atoms with Crippen LogP contribution in [0, 0.1) is 5.82 Å². The minimum absolute atomic E-state index is 0.230. The summed E-state index contributed by atoms with van der Waals surface area (Å²) in [6.07, 6.45) is 1.25. The fourth-order valence-electron chi connectivity index (χ4n) is 2.82. The Morgan fingerprint density at radius 2 is 1.62 bits per heavy atom. The number of amides is 4. The molecule has 6 nitrogen and oxygen atoms in total. The second-order valence-electron chi connectivity index (χ2n) is 6.14. The van der Waals surface area contributed by atoms with Crippen molar-refractivity contribution in [1.82, 2.24) is 5.32 Å². The van der Waals surface area contributed by atoms with Crippen molar-refractivity contribution in [2.24, 2.45) is 0 Å². The lowest BCUT2D eigenvalue weighted by atomic mass is 10.1. The first-order chi connectivity index (χ1) is 13.9. The van der Waals surface area contributed by atoms with Gasteiger partial charge in [-0.1, -0.05) is 11.6 Å². The van der Waals surface area contributed by atoms with Crippen LogP contribution >= 0.6 is 11.6 Å². The molecule has 144 valence electrons. The molecule has 1 fully saturated rings. The Balaban J connectivity index is 1.66. The van der Waals surface area contributed by atoms with Crippen molar-refractivity contribution >= 4 is 41.2 Å². The van der Waals surface area contributed by atoms with Crippen molar-refractivity contribution in [3.63, 3.8) is 0 Å². The molecule has 0 bridgehead atoms. The highest BCUT2D eigenvalue weighted by Crippen LogP contribution is 2.26. The monoisotopic (exact) mass is 410 g/mol. The molecule has 0 atom stereocenters. The number of carbonyl (C=O) groups is 3. The molecule has 1 aromatic heterocycles. The lowest BCUT2D eigenvalue weighted by molar-refractivity contribution is -0.122. The van der Waals surface area contributed by atoms with Crippen LogP contribution in [0.3, 0.4) is 0 Å². The third-order valence-electron chi connectivity index (χ3n) is 4.23. The van der Waals surface area contributed by atoms with Gasteiger partial charge in [0.1, 0.15) is 22.9 Å². The molecule has 0 unspecified atom stereocenters. The minimum Gasteiger partial charge on any atom is -0.457 e. The summed E-state index contributed by atoms with van der Waals surface area (Å²) in [5.74, 6) is -1.33. The molecule has 4 rings (SSSR count). The molecule has 2 aromatic carbocycles. The molecule has 0 saturated carbocycles. The molecule has 0 radical (unpaired) electrons. The van der Waals surface area contributed by atoms with Crippen LogP contribution in [0.2, 0.25) is 5.02 Å². The zero-order valence-corrected chi connectivity index (χ0v) is 15.4. The molecule has 0 aliphatic carbocycles. The highest BCUT2D eigenvalue weighted by Gasteiger charge is 2.37. The van der Waals surface area contributed by atoms with Gasteiger partial charge in [0.25, 0.3) is 11.8 Å². The van der Waals surface area contributed by atoms with E-state index < -0.39 is 17.8 Å². The van der Waals surface area contributed by atoms with Gasteiger partial charge in [0.2, 0.25) is 0 Å². The molecule has 2 heterocycles. The SMILES string of the molecule is O=C1NC(=O)N(c2ccc(Cl)cc2)C(=O)C1=Cc1ccc(-c2ccc(F)cc2)o1. The summed E-state index contributed by atoms with van der Waals surface area (Å²) in [7, 11) is 0. The van der Waals surface area contributed by atoms with Crippen molar-refractivity contribution < 1.29 is 23.2 Å². The number of hydrogen-bond donors (Lipinski definition) is 1. The van der Waals surface area contributed by atoms with Gasteiger partial charge >= 0.3 is 6.03 Å². The molecule has 1 N–H and O–H groups in total. The lowest BCUT2D eigenvalue weighted by Gasteiger charge is -2.26. The Hall–Kier alpha value is -3.71. The third-order valence-corrected chi connectivity index (χ3v) is 4.48. The average molecular weight is 411 g/mol. The summed E-state index contributed by atoms with van der Waals surface area (Å²) < 4.78 is 18.7. The summed E-state index contributed by atoms with van der Waals surface area (Å²) in [6, 6.07) is 14.1. The maximum Gasteiger partial charge on any atom is 0.335 e. The Morgan fingerprint density at radius 1 is 0.931 bits per heavy atom. The van der Waals surface area contributed by atoms with Gasteiger partial charge in [-0.25, -0.2) is 14.1 Å². The van der Waals surface area contributed by atoms with Crippen LogP contribution in [-0.2, 0) is 9.59 Å². The Labute approximate surface area is 169 Å². The van der Waals surface area contributed by atoms with E-state index in [2.05, 4.69) is 5.32 Å². The van der Waals surface area contributed by atoms with E-state index in [0.29, 0.717) is 16.3 Å². The van der Waals surface area contributed by atoms with Crippen LogP contribution in [0.25, 0.3) is 17.4 Å². The Kier molecular flexibility index (Phi) is 4.74. The maximum absolute atomic E-state index is 13.1. The predicted octanol–water partition coefficient (Wildman–Crippen LogP) is 4.41. The van der Waals surface area contributed by atoms with Gasteiger partial charge in [0.05, 0.1) is 5.69 Å². The molecule has 0 spiro atoms. The first kappa shape index (κ1) is 18.6. The number of furan rings is 1. The summed E-state index contributed by atoms with van der Waals surface area (Å²) >= 11 is 5.84. The maximum atomic E-state index is 13.1. The van der Waals surface area contributed by atoms with E-state index in [9.17, 15) is 18.8 Å². The van der Waals surface area contributed by atoms with Gasteiger partial charge in [0.15, 0.2) is 0 Å². The zero-order chi connectivity index (χ0) is 20.5. The smallest absolute Gasteiger partial charge is 0.335 e. The summed E-state index contributed by atoms with van der Waals surface area (Å²) in [5, 5.41) is 2.57. The lowest BCUT2D eigenvalue weighted by Crippen LogP contribution is -2.54. The first-order valence-corrected chi connectivity index (χ1v) is 8.83. The van der Waals surface area contributed by atoms with Crippen molar-refractivity contribution in [1.29, 1.82) is 0 Å². The first-order valence-electron chi connectivity index (χ1n) is 8.45. The standard InChI is InChI=1S/C21H12ClFN2O4/c22-13-3-7-15(8-4-13)25-20(27)17(19(26)24-21(25)28)11-16-9-10-18(29-16)12-1-5-14(23)6-2-12/h1-11H,(H,24,26,28). The fourth-order valence-corrected chi connectivity index (χ4v) is 2.95. The van der Waals surface area contributed by atoms with E-state index in [4.69, 9.17) is 16.0 Å². The van der Waals surface area contributed by atoms with Crippen molar-refractivity contribution in [2.75, 3.05) is 4.90 Å². The number of halogens is 2. The second kappa shape index (κ2) is 7.37. The van der Waals surface area contributed by atoms with Crippen LogP contribution in [-0.4, -0.2) is 17.8 Å². The van der Waals surface area contributed by atoms with Gasteiger partial charge in [-0.05, 0) is 66.7 Å². The molecular formula is C21H12ClFN2O4. The predicted molar refractivity (Wildman–Crippen MR) is 105 cm³/mol. The number of benzene rings is 2. The van der Waals surface area contributed by atoms with E-state index in [1.54, 1.807) is 24.3 Å². The fraction of sp³-hybridized carbons (Fsp3) is 0. The number of imide groups is 2. The van der Waals surface area contributed by atoms with Crippen molar-refractivity contribution in [3.05, 3.63) is 82.8 Å². The van der Waals surface area contributed by atoms with Crippen LogP contribution in [0.1, 0.15) is 5.76 Å². The van der Waals surface area contributed by atoms with E-state index in [0.717, 1.165) is 4.90 Å². The van der Waals surface area contributed by atoms with E-state index in [1.165, 1.54) is 42.5 Å². The van der Waals surface area contributed by atoms with E-state index in [-0.39, 0.29) is 22.8 Å². The second-order valence-corrected chi connectivity index (χ2v) is 6.58. The van der Waals surface area contributed by atoms with Gasteiger partial charge in [-0.15, -0.1) is 0 Å². The normalized spacial score (nSPS) is 15.7. The highest BCUT2D eigenvalue weighted by molar-refractivity contribution is 6.39. The van der Waals surface area contributed by atoms with E-state index >= 15 is 0 Å².